The molecule has 14 heavy (non-hydrogen) atoms. The molecule has 2 nitrogen and oxygen atoms in total. The molecule has 0 amide bonds. The third kappa shape index (κ3) is 3.11. The first-order valence-corrected chi connectivity index (χ1v) is 4.95. The van der Waals surface area contributed by atoms with Gasteiger partial charge in [-0.2, -0.15) is 0 Å². The highest BCUT2D eigenvalue weighted by atomic mass is 35.5. The summed E-state index contributed by atoms with van der Waals surface area (Å²) in [6, 6.07) is 3.59. The van der Waals surface area contributed by atoms with Crippen molar-refractivity contribution in [3.8, 4) is 11.5 Å². The molecule has 0 N–H and O–H groups in total. The fourth-order valence-corrected chi connectivity index (χ4v) is 1.11. The van der Waals surface area contributed by atoms with E-state index in [1.807, 2.05) is 26.8 Å². The molecule has 0 bridgehead atoms. The minimum absolute atomic E-state index is 0.660. The van der Waals surface area contributed by atoms with Crippen LogP contribution in [0.3, 0.4) is 0 Å². The lowest BCUT2D eigenvalue weighted by atomic mass is 10.2. The Balaban J connectivity index is 0.000000791. The number of halogens is 1. The molecule has 0 aliphatic rings. The van der Waals surface area contributed by atoms with Crippen LogP contribution in [0.2, 0.25) is 5.02 Å². The van der Waals surface area contributed by atoms with E-state index in [-0.39, 0.29) is 0 Å². The molecule has 0 fully saturated rings. The Hall–Kier alpha value is -0.890. The fourth-order valence-electron chi connectivity index (χ4n) is 0.956. The fraction of sp³-hybridized carbons (Fsp3) is 0.455. The van der Waals surface area contributed by atoms with Crippen LogP contribution in [-0.2, 0) is 0 Å². The highest BCUT2D eigenvalue weighted by molar-refractivity contribution is 6.31. The molecule has 1 aromatic rings. The van der Waals surface area contributed by atoms with Crippen LogP contribution in [0.4, 0.5) is 0 Å². The van der Waals surface area contributed by atoms with Gasteiger partial charge in [0.05, 0.1) is 14.2 Å². The maximum Gasteiger partial charge on any atom is 0.162 e. The second-order valence-corrected chi connectivity index (χ2v) is 2.86. The summed E-state index contributed by atoms with van der Waals surface area (Å²) in [4.78, 5) is 0. The SMILES string of the molecule is CC.COc1cc(C)c(Cl)cc1OC. The third-order valence-corrected chi connectivity index (χ3v) is 2.07. The molecule has 0 aliphatic heterocycles. The van der Waals surface area contributed by atoms with E-state index in [4.69, 9.17) is 21.1 Å². The lowest BCUT2D eigenvalue weighted by molar-refractivity contribution is 0.354. The van der Waals surface area contributed by atoms with E-state index in [1.165, 1.54) is 0 Å². The van der Waals surface area contributed by atoms with Crippen LogP contribution in [-0.4, -0.2) is 14.2 Å². The number of ether oxygens (including phenoxy) is 2. The van der Waals surface area contributed by atoms with E-state index < -0.39 is 0 Å². The van der Waals surface area contributed by atoms with E-state index in [2.05, 4.69) is 0 Å². The van der Waals surface area contributed by atoms with Gasteiger partial charge in [-0.25, -0.2) is 0 Å². The predicted molar refractivity (Wildman–Crippen MR) is 60.6 cm³/mol. The monoisotopic (exact) mass is 216 g/mol. The minimum Gasteiger partial charge on any atom is -0.493 e. The smallest absolute Gasteiger partial charge is 0.162 e. The van der Waals surface area contributed by atoms with Crippen molar-refractivity contribution < 1.29 is 9.47 Å². The summed E-state index contributed by atoms with van der Waals surface area (Å²) in [6.07, 6.45) is 0. The van der Waals surface area contributed by atoms with E-state index in [0.717, 1.165) is 5.56 Å². The molecule has 0 heterocycles. The molecule has 80 valence electrons. The average Bonchev–Trinajstić information content (AvgIpc) is 2.24. The van der Waals surface area contributed by atoms with Gasteiger partial charge in [-0.05, 0) is 18.6 Å². The Morgan fingerprint density at radius 1 is 1.00 bits per heavy atom. The van der Waals surface area contributed by atoms with Crippen molar-refractivity contribution in [2.45, 2.75) is 20.8 Å². The third-order valence-electron chi connectivity index (χ3n) is 1.66. The molecule has 3 heteroatoms. The van der Waals surface area contributed by atoms with Crippen LogP contribution < -0.4 is 9.47 Å². The standard InChI is InChI=1S/C9H11ClO2.C2H6/c1-6-4-8(11-2)9(12-3)5-7(6)10;1-2/h4-5H,1-3H3;1-2H3. The Morgan fingerprint density at radius 2 is 1.43 bits per heavy atom. The van der Waals surface area contributed by atoms with Crippen LogP contribution in [0, 0.1) is 6.92 Å². The van der Waals surface area contributed by atoms with Gasteiger partial charge in [0.25, 0.3) is 0 Å². The van der Waals surface area contributed by atoms with Gasteiger partial charge in [0.1, 0.15) is 0 Å². The van der Waals surface area contributed by atoms with Gasteiger partial charge in [0, 0.05) is 11.1 Å². The van der Waals surface area contributed by atoms with E-state index in [0.29, 0.717) is 16.5 Å². The Kier molecular flexibility index (Phi) is 6.13. The summed E-state index contributed by atoms with van der Waals surface area (Å²) < 4.78 is 10.2. The zero-order chi connectivity index (χ0) is 11.1. The summed E-state index contributed by atoms with van der Waals surface area (Å²) in [6.45, 7) is 5.92. The number of aryl methyl sites for hydroxylation is 1. The van der Waals surface area contributed by atoms with Crippen molar-refractivity contribution in [3.63, 3.8) is 0 Å². The maximum absolute atomic E-state index is 5.89. The van der Waals surface area contributed by atoms with Crippen LogP contribution in [0.5, 0.6) is 11.5 Å². The second kappa shape index (κ2) is 6.55. The Bertz CT molecular complexity index is 256. The quantitative estimate of drug-likeness (QED) is 0.751. The van der Waals surface area contributed by atoms with Crippen molar-refractivity contribution in [2.75, 3.05) is 14.2 Å². The molecule has 0 spiro atoms. The van der Waals surface area contributed by atoms with Crippen LogP contribution in [0.25, 0.3) is 0 Å². The van der Waals surface area contributed by atoms with E-state index in [9.17, 15) is 0 Å². The molecule has 0 saturated heterocycles. The van der Waals surface area contributed by atoms with E-state index >= 15 is 0 Å². The van der Waals surface area contributed by atoms with Gasteiger partial charge in [-0.15, -0.1) is 0 Å². The lowest BCUT2D eigenvalue weighted by Crippen LogP contribution is -1.91. The Labute approximate surface area is 90.8 Å². The predicted octanol–water partition coefficient (Wildman–Crippen LogP) is 3.69. The molecule has 1 rings (SSSR count). The summed E-state index contributed by atoms with van der Waals surface area (Å²) in [5.74, 6) is 1.37. The highest BCUT2D eigenvalue weighted by Crippen LogP contribution is 2.32. The molecule has 0 unspecified atom stereocenters. The second-order valence-electron chi connectivity index (χ2n) is 2.46. The van der Waals surface area contributed by atoms with Crippen molar-refractivity contribution in [3.05, 3.63) is 22.7 Å². The molecule has 0 aromatic heterocycles. The van der Waals surface area contributed by atoms with E-state index in [1.54, 1.807) is 20.3 Å². The number of benzene rings is 1. The molecule has 0 saturated carbocycles. The average molecular weight is 217 g/mol. The molecule has 1 aromatic carbocycles. The van der Waals surface area contributed by atoms with Crippen molar-refractivity contribution in [1.29, 1.82) is 0 Å². The summed E-state index contributed by atoms with van der Waals surface area (Å²) >= 11 is 5.89. The molecule has 0 radical (unpaired) electrons. The normalized spacial score (nSPS) is 8.71. The Morgan fingerprint density at radius 3 is 1.86 bits per heavy atom. The van der Waals surface area contributed by atoms with Crippen molar-refractivity contribution >= 4 is 11.6 Å². The van der Waals surface area contributed by atoms with Gasteiger partial charge in [0.15, 0.2) is 11.5 Å². The van der Waals surface area contributed by atoms with Crippen LogP contribution in [0.15, 0.2) is 12.1 Å². The maximum atomic E-state index is 5.89. The number of rotatable bonds is 2. The zero-order valence-electron chi connectivity index (χ0n) is 9.35. The topological polar surface area (TPSA) is 18.5 Å². The molecular weight excluding hydrogens is 200 g/mol. The first-order valence-electron chi connectivity index (χ1n) is 4.57. The summed E-state index contributed by atoms with van der Waals surface area (Å²) in [5, 5.41) is 0.688. The van der Waals surface area contributed by atoms with Gasteiger partial charge in [-0.1, -0.05) is 25.4 Å². The number of methoxy groups -OCH3 is 2. The van der Waals surface area contributed by atoms with Crippen LogP contribution in [0.1, 0.15) is 19.4 Å². The number of hydrogen-bond acceptors (Lipinski definition) is 2. The van der Waals surface area contributed by atoms with Gasteiger partial charge >= 0.3 is 0 Å². The summed E-state index contributed by atoms with van der Waals surface area (Å²) in [5.41, 5.74) is 0.981. The molecular formula is C11H17ClO2. The van der Waals surface area contributed by atoms with Crippen molar-refractivity contribution in [1.82, 2.24) is 0 Å². The van der Waals surface area contributed by atoms with Gasteiger partial charge in [-0.3, -0.25) is 0 Å². The summed E-state index contributed by atoms with van der Waals surface area (Å²) in [7, 11) is 3.19. The largest absolute Gasteiger partial charge is 0.493 e. The lowest BCUT2D eigenvalue weighted by Gasteiger charge is -2.08. The molecule has 0 aliphatic carbocycles. The zero-order valence-corrected chi connectivity index (χ0v) is 10.1. The minimum atomic E-state index is 0.660. The first-order chi connectivity index (χ1) is 6.69. The molecule has 0 atom stereocenters. The highest BCUT2D eigenvalue weighted by Gasteiger charge is 2.05. The van der Waals surface area contributed by atoms with Crippen LogP contribution >= 0.6 is 11.6 Å². The van der Waals surface area contributed by atoms with Gasteiger partial charge in [0.2, 0.25) is 0 Å². The van der Waals surface area contributed by atoms with Gasteiger partial charge < -0.3 is 9.47 Å². The first kappa shape index (κ1) is 13.1. The van der Waals surface area contributed by atoms with Crippen molar-refractivity contribution in [2.24, 2.45) is 0 Å². The number of hydrogen-bond donors (Lipinski definition) is 0.